The van der Waals surface area contributed by atoms with Gasteiger partial charge in [-0.25, -0.2) is 0 Å². The Labute approximate surface area is 120 Å². The minimum absolute atomic E-state index is 0.0173. The molecule has 112 valence electrons. The number of hydrogen-bond acceptors (Lipinski definition) is 3. The van der Waals surface area contributed by atoms with Gasteiger partial charge in [0.2, 0.25) is 5.91 Å². The summed E-state index contributed by atoms with van der Waals surface area (Å²) in [4.78, 5) is 27.8. The molecule has 20 heavy (non-hydrogen) atoms. The summed E-state index contributed by atoms with van der Waals surface area (Å²) >= 11 is 0. The number of nitrogens with zero attached hydrogens (tertiary/aromatic N) is 2. The largest absolute Gasteiger partial charge is 0.481 e. The van der Waals surface area contributed by atoms with Crippen LogP contribution in [0.5, 0.6) is 0 Å². The van der Waals surface area contributed by atoms with Gasteiger partial charge < -0.3 is 14.9 Å². The lowest BCUT2D eigenvalue weighted by molar-refractivity contribution is -0.150. The Morgan fingerprint density at radius 1 is 1.30 bits per heavy atom. The Balaban J connectivity index is 1.95. The maximum atomic E-state index is 12.5. The van der Waals surface area contributed by atoms with Crippen LogP contribution in [0.25, 0.3) is 0 Å². The van der Waals surface area contributed by atoms with Gasteiger partial charge in [0.05, 0.1) is 11.8 Å². The van der Waals surface area contributed by atoms with E-state index in [0.29, 0.717) is 18.8 Å². The lowest BCUT2D eigenvalue weighted by Gasteiger charge is -2.30. The van der Waals surface area contributed by atoms with Gasteiger partial charge in [0, 0.05) is 20.1 Å². The van der Waals surface area contributed by atoms with Crippen molar-refractivity contribution in [3.05, 3.63) is 12.2 Å². The molecule has 2 rings (SSSR count). The minimum atomic E-state index is -0.860. The van der Waals surface area contributed by atoms with E-state index in [9.17, 15) is 14.7 Å². The Bertz CT molecular complexity index is 408. The molecular weight excluding hydrogens is 256 g/mol. The molecule has 5 nitrogen and oxygen atoms in total. The number of likely N-dealkylation sites (tertiary alicyclic amines) is 1. The van der Waals surface area contributed by atoms with E-state index in [1.807, 2.05) is 12.2 Å². The van der Waals surface area contributed by atoms with Gasteiger partial charge >= 0.3 is 5.97 Å². The predicted molar refractivity (Wildman–Crippen MR) is 76.2 cm³/mol. The quantitative estimate of drug-likeness (QED) is 0.782. The average Bonchev–Trinajstić information content (AvgIpc) is 2.83. The van der Waals surface area contributed by atoms with Crippen molar-refractivity contribution in [2.24, 2.45) is 17.8 Å². The summed E-state index contributed by atoms with van der Waals surface area (Å²) in [7, 11) is 3.89. The zero-order valence-electron chi connectivity index (χ0n) is 12.3. The van der Waals surface area contributed by atoms with Gasteiger partial charge in [0.15, 0.2) is 0 Å². The van der Waals surface area contributed by atoms with Crippen LogP contribution in [0.15, 0.2) is 12.2 Å². The van der Waals surface area contributed by atoms with Gasteiger partial charge in [-0.2, -0.15) is 0 Å². The van der Waals surface area contributed by atoms with Gasteiger partial charge in [0.25, 0.3) is 0 Å². The first-order valence-corrected chi connectivity index (χ1v) is 7.30. The summed E-state index contributed by atoms with van der Waals surface area (Å²) < 4.78 is 0. The number of carbonyl (C=O) groups is 2. The summed E-state index contributed by atoms with van der Waals surface area (Å²) in [6, 6.07) is 0. The molecule has 1 N–H and O–H groups in total. The van der Waals surface area contributed by atoms with Crippen LogP contribution >= 0.6 is 0 Å². The van der Waals surface area contributed by atoms with Crippen LogP contribution in [0.1, 0.15) is 19.3 Å². The smallest absolute Gasteiger partial charge is 0.307 e. The number of aliphatic carboxylic acids is 1. The molecule has 1 amide bonds. The number of carboxylic acids is 1. The third-order valence-corrected chi connectivity index (χ3v) is 4.46. The van der Waals surface area contributed by atoms with Gasteiger partial charge in [-0.05, 0) is 38.8 Å². The lowest BCUT2D eigenvalue weighted by Crippen LogP contribution is -2.42. The summed E-state index contributed by atoms with van der Waals surface area (Å²) in [5, 5.41) is 9.25. The number of amides is 1. The topological polar surface area (TPSA) is 60.9 Å². The van der Waals surface area contributed by atoms with E-state index in [1.54, 1.807) is 11.9 Å². The SMILES string of the molecule is CN1CCC(CN(C)C(=O)C2CC=CCC2C(=O)O)C1. The van der Waals surface area contributed by atoms with E-state index >= 15 is 0 Å². The maximum Gasteiger partial charge on any atom is 0.307 e. The standard InChI is InChI=1S/C15H24N2O3/c1-16-8-7-11(9-16)10-17(2)14(18)12-5-3-4-6-13(12)15(19)20/h3-4,11-13H,5-10H2,1-2H3,(H,19,20). The summed E-state index contributed by atoms with van der Waals surface area (Å²) in [5.41, 5.74) is 0. The fraction of sp³-hybridized carbons (Fsp3) is 0.733. The normalized spacial score (nSPS) is 30.4. The highest BCUT2D eigenvalue weighted by atomic mass is 16.4. The van der Waals surface area contributed by atoms with Crippen LogP contribution in [0.3, 0.4) is 0 Å². The predicted octanol–water partition coefficient (Wildman–Crippen LogP) is 1.06. The molecule has 1 aliphatic heterocycles. The summed E-state index contributed by atoms with van der Waals surface area (Å²) in [6.07, 6.45) is 5.92. The van der Waals surface area contributed by atoms with Crippen LogP contribution in [0, 0.1) is 17.8 Å². The second-order valence-corrected chi connectivity index (χ2v) is 6.13. The number of rotatable bonds is 4. The van der Waals surface area contributed by atoms with E-state index in [2.05, 4.69) is 11.9 Å². The van der Waals surface area contributed by atoms with Gasteiger partial charge in [-0.15, -0.1) is 0 Å². The summed E-state index contributed by atoms with van der Waals surface area (Å²) in [5.74, 6) is -1.34. The highest BCUT2D eigenvalue weighted by Crippen LogP contribution is 2.28. The number of carbonyl (C=O) groups excluding carboxylic acids is 1. The molecule has 2 aliphatic rings. The minimum Gasteiger partial charge on any atom is -0.481 e. The molecule has 3 atom stereocenters. The molecule has 0 bridgehead atoms. The van der Waals surface area contributed by atoms with E-state index in [1.165, 1.54) is 0 Å². The van der Waals surface area contributed by atoms with Crippen molar-refractivity contribution < 1.29 is 14.7 Å². The van der Waals surface area contributed by atoms with Crippen LogP contribution in [-0.2, 0) is 9.59 Å². The van der Waals surface area contributed by atoms with Crippen molar-refractivity contribution in [3.63, 3.8) is 0 Å². The monoisotopic (exact) mass is 280 g/mol. The third-order valence-electron chi connectivity index (χ3n) is 4.46. The van der Waals surface area contributed by atoms with Crippen molar-refractivity contribution in [2.45, 2.75) is 19.3 Å². The molecule has 1 saturated heterocycles. The first kappa shape index (κ1) is 15.0. The molecule has 1 fully saturated rings. The molecule has 0 radical (unpaired) electrons. The lowest BCUT2D eigenvalue weighted by atomic mass is 9.82. The molecule has 0 aromatic carbocycles. The van der Waals surface area contributed by atoms with Crippen LogP contribution in [0.2, 0.25) is 0 Å². The van der Waals surface area contributed by atoms with E-state index < -0.39 is 17.8 Å². The molecule has 0 spiro atoms. The van der Waals surface area contributed by atoms with Crippen molar-refractivity contribution in [1.29, 1.82) is 0 Å². The van der Waals surface area contributed by atoms with Gasteiger partial charge in [0.1, 0.15) is 0 Å². The number of hydrogen-bond donors (Lipinski definition) is 1. The molecule has 0 aromatic heterocycles. The highest BCUT2D eigenvalue weighted by Gasteiger charge is 2.36. The van der Waals surface area contributed by atoms with Gasteiger partial charge in [-0.3, -0.25) is 9.59 Å². The van der Waals surface area contributed by atoms with Crippen LogP contribution in [0.4, 0.5) is 0 Å². The first-order chi connectivity index (χ1) is 9.49. The molecular formula is C15H24N2O3. The average molecular weight is 280 g/mol. The summed E-state index contributed by atoms with van der Waals surface area (Å²) in [6.45, 7) is 2.83. The van der Waals surface area contributed by atoms with Crippen LogP contribution < -0.4 is 0 Å². The first-order valence-electron chi connectivity index (χ1n) is 7.30. The van der Waals surface area contributed by atoms with Crippen molar-refractivity contribution >= 4 is 11.9 Å². The number of carboxylic acid groups (broad SMARTS) is 1. The second kappa shape index (κ2) is 6.39. The maximum absolute atomic E-state index is 12.5. The second-order valence-electron chi connectivity index (χ2n) is 6.13. The molecule has 0 aromatic rings. The molecule has 0 saturated carbocycles. The van der Waals surface area contributed by atoms with Crippen molar-refractivity contribution in [2.75, 3.05) is 33.7 Å². The van der Waals surface area contributed by atoms with Crippen molar-refractivity contribution in [3.8, 4) is 0 Å². The van der Waals surface area contributed by atoms with Crippen molar-refractivity contribution in [1.82, 2.24) is 9.80 Å². The molecule has 1 aliphatic carbocycles. The van der Waals surface area contributed by atoms with E-state index in [-0.39, 0.29) is 5.91 Å². The zero-order chi connectivity index (χ0) is 14.7. The zero-order valence-corrected chi connectivity index (χ0v) is 12.3. The van der Waals surface area contributed by atoms with E-state index in [0.717, 1.165) is 26.1 Å². The highest BCUT2D eigenvalue weighted by molar-refractivity contribution is 5.85. The molecule has 1 heterocycles. The Morgan fingerprint density at radius 2 is 1.95 bits per heavy atom. The fourth-order valence-corrected chi connectivity index (χ4v) is 3.30. The Morgan fingerprint density at radius 3 is 2.50 bits per heavy atom. The van der Waals surface area contributed by atoms with Crippen LogP contribution in [-0.4, -0.2) is 60.5 Å². The number of allylic oxidation sites excluding steroid dienone is 2. The Hall–Kier alpha value is -1.36. The fourth-order valence-electron chi connectivity index (χ4n) is 3.30. The molecule has 3 unspecified atom stereocenters. The third kappa shape index (κ3) is 3.39. The van der Waals surface area contributed by atoms with E-state index in [4.69, 9.17) is 0 Å². The Kier molecular flexibility index (Phi) is 4.81. The van der Waals surface area contributed by atoms with Gasteiger partial charge in [-0.1, -0.05) is 12.2 Å². The molecule has 5 heteroatoms.